The van der Waals surface area contributed by atoms with Crippen molar-refractivity contribution in [3.05, 3.63) is 58.6 Å². The number of piperidine rings is 1. The molecule has 0 atom stereocenters. The second-order valence-electron chi connectivity index (χ2n) is 7.16. The topological polar surface area (TPSA) is 45.2 Å². The number of amides is 1. The van der Waals surface area contributed by atoms with Crippen LogP contribution in [0.1, 0.15) is 35.7 Å². The van der Waals surface area contributed by atoms with Gasteiger partial charge in [0, 0.05) is 30.2 Å². The molecule has 0 unspecified atom stereocenters. The minimum absolute atomic E-state index is 0.0754. The number of aromatic nitrogens is 1. The highest BCUT2D eigenvalue weighted by molar-refractivity contribution is 7.22. The van der Waals surface area contributed by atoms with E-state index in [4.69, 9.17) is 16.6 Å². The summed E-state index contributed by atoms with van der Waals surface area (Å²) in [6, 6.07) is 13.2. The van der Waals surface area contributed by atoms with E-state index < -0.39 is 0 Å². The molecule has 3 aromatic rings. The third kappa shape index (κ3) is 4.25. The Hall–Kier alpha value is -2.11. The Morgan fingerprint density at radius 2 is 1.96 bits per heavy atom. The zero-order valence-electron chi connectivity index (χ0n) is 15.2. The smallest absolute Gasteiger partial charge is 0.251 e. The summed E-state index contributed by atoms with van der Waals surface area (Å²) in [5.41, 5.74) is 2.65. The predicted molar refractivity (Wildman–Crippen MR) is 113 cm³/mol. The van der Waals surface area contributed by atoms with Gasteiger partial charge in [-0.1, -0.05) is 42.0 Å². The van der Waals surface area contributed by atoms with Gasteiger partial charge in [-0.2, -0.15) is 0 Å². The monoisotopic (exact) mass is 399 g/mol. The zero-order valence-corrected chi connectivity index (χ0v) is 16.8. The number of anilines is 1. The first-order valence-corrected chi connectivity index (χ1v) is 10.5. The van der Waals surface area contributed by atoms with Crippen molar-refractivity contribution in [3.8, 4) is 0 Å². The summed E-state index contributed by atoms with van der Waals surface area (Å²) in [6.45, 7) is 4.92. The highest BCUT2D eigenvalue weighted by atomic mass is 35.5. The average molecular weight is 400 g/mol. The van der Waals surface area contributed by atoms with Gasteiger partial charge in [-0.25, -0.2) is 4.98 Å². The number of rotatable bonds is 4. The molecule has 0 radical (unpaired) electrons. The van der Waals surface area contributed by atoms with Crippen molar-refractivity contribution < 1.29 is 4.79 Å². The first kappa shape index (κ1) is 18.3. The fourth-order valence-electron chi connectivity index (χ4n) is 3.28. The van der Waals surface area contributed by atoms with E-state index in [0.717, 1.165) is 39.9 Å². The van der Waals surface area contributed by atoms with Crippen LogP contribution in [0, 0.1) is 5.92 Å². The zero-order chi connectivity index (χ0) is 18.8. The van der Waals surface area contributed by atoms with E-state index in [1.54, 1.807) is 11.3 Å². The number of hydrogen-bond acceptors (Lipinski definition) is 4. The molecule has 140 valence electrons. The van der Waals surface area contributed by atoms with E-state index in [1.165, 1.54) is 12.8 Å². The van der Waals surface area contributed by atoms with Crippen molar-refractivity contribution >= 4 is 44.2 Å². The van der Waals surface area contributed by atoms with Gasteiger partial charge >= 0.3 is 0 Å². The van der Waals surface area contributed by atoms with Crippen LogP contribution in [0.25, 0.3) is 10.2 Å². The third-order valence-corrected chi connectivity index (χ3v) is 6.39. The summed E-state index contributed by atoms with van der Waals surface area (Å²) in [5.74, 6) is 0.722. The molecule has 4 nitrogen and oxygen atoms in total. The van der Waals surface area contributed by atoms with E-state index in [2.05, 4.69) is 17.1 Å². The van der Waals surface area contributed by atoms with Gasteiger partial charge < -0.3 is 10.2 Å². The molecule has 1 aromatic heterocycles. The van der Waals surface area contributed by atoms with Crippen LogP contribution < -0.4 is 10.2 Å². The second kappa shape index (κ2) is 7.87. The van der Waals surface area contributed by atoms with Gasteiger partial charge in [0.2, 0.25) is 0 Å². The van der Waals surface area contributed by atoms with Gasteiger partial charge in [0.15, 0.2) is 5.13 Å². The number of nitrogens with zero attached hydrogens (tertiary/aromatic N) is 2. The first-order valence-electron chi connectivity index (χ1n) is 9.26. The Morgan fingerprint density at radius 1 is 1.22 bits per heavy atom. The van der Waals surface area contributed by atoms with Gasteiger partial charge in [-0.3, -0.25) is 4.79 Å². The number of carbonyl (C=O) groups excluding carboxylic acids is 1. The number of carbonyl (C=O) groups is 1. The quantitative estimate of drug-likeness (QED) is 0.662. The van der Waals surface area contributed by atoms with Gasteiger partial charge in [-0.05, 0) is 54.7 Å². The Kier molecular flexibility index (Phi) is 5.32. The van der Waals surface area contributed by atoms with Gasteiger partial charge in [-0.15, -0.1) is 0 Å². The van der Waals surface area contributed by atoms with Crippen molar-refractivity contribution in [2.75, 3.05) is 18.0 Å². The lowest BCUT2D eigenvalue weighted by molar-refractivity contribution is 0.0951. The second-order valence-corrected chi connectivity index (χ2v) is 8.60. The molecular weight excluding hydrogens is 378 g/mol. The molecule has 0 saturated carbocycles. The Bertz CT molecular complexity index is 946. The van der Waals surface area contributed by atoms with Crippen LogP contribution >= 0.6 is 22.9 Å². The summed E-state index contributed by atoms with van der Waals surface area (Å²) < 4.78 is 1.06. The van der Waals surface area contributed by atoms with Crippen LogP contribution in [0.2, 0.25) is 5.02 Å². The number of benzene rings is 2. The summed E-state index contributed by atoms with van der Waals surface area (Å²) in [7, 11) is 0. The van der Waals surface area contributed by atoms with E-state index >= 15 is 0 Å². The van der Waals surface area contributed by atoms with Crippen LogP contribution in [0.15, 0.2) is 42.5 Å². The third-order valence-electron chi connectivity index (χ3n) is 5.06. The molecule has 0 aliphatic carbocycles. The lowest BCUT2D eigenvalue weighted by atomic mass is 10.00. The summed E-state index contributed by atoms with van der Waals surface area (Å²) in [4.78, 5) is 19.6. The number of halogens is 1. The van der Waals surface area contributed by atoms with Crippen LogP contribution in [0.4, 0.5) is 5.13 Å². The van der Waals surface area contributed by atoms with E-state index in [0.29, 0.717) is 17.1 Å². The maximum absolute atomic E-state index is 12.5. The highest BCUT2D eigenvalue weighted by Gasteiger charge is 2.19. The average Bonchev–Trinajstić information content (AvgIpc) is 3.11. The Labute approximate surface area is 168 Å². The van der Waals surface area contributed by atoms with Crippen LogP contribution in [0.3, 0.4) is 0 Å². The molecule has 1 fully saturated rings. The first-order chi connectivity index (χ1) is 13.1. The van der Waals surface area contributed by atoms with Crippen LogP contribution in [0.5, 0.6) is 0 Å². The lowest BCUT2D eigenvalue weighted by Gasteiger charge is -2.29. The molecule has 1 aliphatic heterocycles. The molecule has 27 heavy (non-hydrogen) atoms. The number of nitrogens with one attached hydrogen (secondary N) is 1. The fourth-order valence-corrected chi connectivity index (χ4v) is 4.46. The normalized spacial score (nSPS) is 15.3. The number of hydrogen-bond donors (Lipinski definition) is 1. The van der Waals surface area contributed by atoms with E-state index in [1.807, 2.05) is 42.5 Å². The largest absolute Gasteiger partial charge is 0.348 e. The molecule has 0 spiro atoms. The summed E-state index contributed by atoms with van der Waals surface area (Å²) in [6.07, 6.45) is 2.43. The predicted octanol–water partition coefficient (Wildman–Crippen LogP) is 5.12. The summed E-state index contributed by atoms with van der Waals surface area (Å²) in [5, 5.41) is 4.73. The van der Waals surface area contributed by atoms with E-state index in [-0.39, 0.29) is 5.91 Å². The SMILES string of the molecule is CC1CCN(c2nc3ccc(C(=O)NCc4ccc(Cl)cc4)cc3s2)CC1. The van der Waals surface area contributed by atoms with Gasteiger partial charge in [0.1, 0.15) is 0 Å². The van der Waals surface area contributed by atoms with Crippen LogP contribution in [-0.4, -0.2) is 24.0 Å². The molecule has 2 aromatic carbocycles. The van der Waals surface area contributed by atoms with Crippen molar-refractivity contribution in [1.29, 1.82) is 0 Å². The van der Waals surface area contributed by atoms with Crippen molar-refractivity contribution in [3.63, 3.8) is 0 Å². The minimum atomic E-state index is -0.0754. The van der Waals surface area contributed by atoms with Gasteiger partial charge in [0.25, 0.3) is 5.91 Å². The van der Waals surface area contributed by atoms with Gasteiger partial charge in [0.05, 0.1) is 10.2 Å². The number of thiazole rings is 1. The van der Waals surface area contributed by atoms with Crippen molar-refractivity contribution in [2.45, 2.75) is 26.3 Å². The molecule has 1 N–H and O–H groups in total. The molecule has 6 heteroatoms. The molecule has 0 bridgehead atoms. The van der Waals surface area contributed by atoms with Crippen molar-refractivity contribution in [2.24, 2.45) is 5.92 Å². The molecule has 4 rings (SSSR count). The highest BCUT2D eigenvalue weighted by Crippen LogP contribution is 2.32. The molecule has 2 heterocycles. The Morgan fingerprint density at radius 3 is 2.70 bits per heavy atom. The Balaban J connectivity index is 1.46. The molecule has 1 amide bonds. The lowest BCUT2D eigenvalue weighted by Crippen LogP contribution is -2.32. The van der Waals surface area contributed by atoms with E-state index in [9.17, 15) is 4.79 Å². The van der Waals surface area contributed by atoms with Crippen LogP contribution in [-0.2, 0) is 6.54 Å². The maximum Gasteiger partial charge on any atom is 0.251 e. The molecular formula is C21H22ClN3OS. The fraction of sp³-hybridized carbons (Fsp3) is 0.333. The summed E-state index contributed by atoms with van der Waals surface area (Å²) >= 11 is 7.57. The standard InChI is InChI=1S/C21H22ClN3OS/c1-14-8-10-25(11-9-14)21-24-18-7-4-16(12-19(18)27-21)20(26)23-13-15-2-5-17(22)6-3-15/h2-7,12,14H,8-11,13H2,1H3,(H,23,26). The maximum atomic E-state index is 12.5. The van der Waals surface area contributed by atoms with Crippen molar-refractivity contribution in [1.82, 2.24) is 10.3 Å². The minimum Gasteiger partial charge on any atom is -0.348 e. The number of fused-ring (bicyclic) bond motifs is 1. The molecule has 1 saturated heterocycles. The molecule has 1 aliphatic rings.